The molecule has 1 aromatic rings. The van der Waals surface area contributed by atoms with Crippen LogP contribution < -0.4 is 10.6 Å². The summed E-state index contributed by atoms with van der Waals surface area (Å²) in [5, 5.41) is 0. The van der Waals surface area contributed by atoms with Gasteiger partial charge in [-0.1, -0.05) is 0 Å². The third kappa shape index (κ3) is 3.85. The summed E-state index contributed by atoms with van der Waals surface area (Å²) in [7, 11) is 3.96. The van der Waals surface area contributed by atoms with Gasteiger partial charge >= 0.3 is 0 Å². The first kappa shape index (κ1) is 14.2. The van der Waals surface area contributed by atoms with Crippen LogP contribution in [0, 0.1) is 0 Å². The Bertz CT molecular complexity index is 371. The van der Waals surface area contributed by atoms with Crippen LogP contribution in [0.5, 0.6) is 0 Å². The summed E-state index contributed by atoms with van der Waals surface area (Å²) in [5.74, 6) is 0. The van der Waals surface area contributed by atoms with Gasteiger partial charge in [0.05, 0.1) is 6.61 Å². The highest BCUT2D eigenvalue weighted by Crippen LogP contribution is 2.22. The second-order valence-corrected chi connectivity index (χ2v) is 5.28. The van der Waals surface area contributed by atoms with Gasteiger partial charge in [0.25, 0.3) is 0 Å². The van der Waals surface area contributed by atoms with Crippen LogP contribution in [0.2, 0.25) is 0 Å². The minimum atomic E-state index is 0.681. The van der Waals surface area contributed by atoms with Crippen LogP contribution in [0.3, 0.4) is 0 Å². The number of nitrogen functional groups attached to an aromatic ring is 1. The van der Waals surface area contributed by atoms with Gasteiger partial charge in [-0.25, -0.2) is 0 Å². The first-order valence-corrected chi connectivity index (χ1v) is 7.00. The molecule has 0 bridgehead atoms. The van der Waals surface area contributed by atoms with E-state index in [1.165, 1.54) is 18.5 Å². The number of anilines is 2. The van der Waals surface area contributed by atoms with Crippen molar-refractivity contribution in [2.45, 2.75) is 18.9 Å². The lowest BCUT2D eigenvalue weighted by Gasteiger charge is -2.37. The van der Waals surface area contributed by atoms with Crippen molar-refractivity contribution in [3.8, 4) is 0 Å². The van der Waals surface area contributed by atoms with E-state index in [2.05, 4.69) is 29.0 Å². The number of piperidine rings is 1. The zero-order valence-corrected chi connectivity index (χ0v) is 12.0. The number of hydrogen-bond donors (Lipinski definition) is 1. The minimum Gasteiger partial charge on any atom is -0.399 e. The summed E-state index contributed by atoms with van der Waals surface area (Å²) < 4.78 is 5.14. The quantitative estimate of drug-likeness (QED) is 0.823. The molecule has 0 atom stereocenters. The molecule has 2 N–H and O–H groups in total. The zero-order chi connectivity index (χ0) is 13.7. The van der Waals surface area contributed by atoms with Crippen molar-refractivity contribution in [3.63, 3.8) is 0 Å². The third-order valence-corrected chi connectivity index (χ3v) is 3.99. The van der Waals surface area contributed by atoms with E-state index in [9.17, 15) is 0 Å². The van der Waals surface area contributed by atoms with E-state index < -0.39 is 0 Å². The van der Waals surface area contributed by atoms with Crippen LogP contribution in [0.4, 0.5) is 11.4 Å². The Hall–Kier alpha value is -1.26. The number of benzene rings is 1. The van der Waals surface area contributed by atoms with Crippen molar-refractivity contribution >= 4 is 11.4 Å². The third-order valence-electron chi connectivity index (χ3n) is 3.99. The molecular formula is C15H25N3O. The molecule has 1 fully saturated rings. The summed E-state index contributed by atoms with van der Waals surface area (Å²) >= 11 is 0. The first-order chi connectivity index (χ1) is 9.20. The molecule has 4 nitrogen and oxygen atoms in total. The van der Waals surface area contributed by atoms with Gasteiger partial charge in [-0.3, -0.25) is 0 Å². The molecule has 1 aromatic carbocycles. The minimum absolute atomic E-state index is 0.681. The molecular weight excluding hydrogens is 238 g/mol. The molecule has 1 saturated heterocycles. The number of rotatable bonds is 5. The summed E-state index contributed by atoms with van der Waals surface area (Å²) in [5.41, 5.74) is 7.84. The predicted octanol–water partition coefficient (Wildman–Crippen LogP) is 1.82. The molecule has 1 aliphatic heterocycles. The molecule has 4 heteroatoms. The van der Waals surface area contributed by atoms with Crippen LogP contribution in [-0.2, 0) is 4.74 Å². The van der Waals surface area contributed by atoms with Gasteiger partial charge in [-0.15, -0.1) is 0 Å². The first-order valence-electron chi connectivity index (χ1n) is 7.00. The SMILES string of the molecule is COCCN(C)C1CCN(c2ccc(N)cc2)CC1. The van der Waals surface area contributed by atoms with Crippen molar-refractivity contribution in [3.05, 3.63) is 24.3 Å². The van der Waals surface area contributed by atoms with Crippen molar-refractivity contribution in [1.29, 1.82) is 0 Å². The van der Waals surface area contributed by atoms with Gasteiger partial charge in [-0.2, -0.15) is 0 Å². The van der Waals surface area contributed by atoms with E-state index in [-0.39, 0.29) is 0 Å². The molecule has 19 heavy (non-hydrogen) atoms. The summed E-state index contributed by atoms with van der Waals surface area (Å²) in [6, 6.07) is 8.87. The average molecular weight is 263 g/mol. The summed E-state index contributed by atoms with van der Waals surface area (Å²) in [6.45, 7) is 4.07. The Kier molecular flexibility index (Phi) is 5.05. The second-order valence-electron chi connectivity index (χ2n) is 5.28. The molecule has 0 spiro atoms. The van der Waals surface area contributed by atoms with Crippen LogP contribution in [0.25, 0.3) is 0 Å². The average Bonchev–Trinajstić information content (AvgIpc) is 2.46. The van der Waals surface area contributed by atoms with E-state index in [1.54, 1.807) is 7.11 Å². The molecule has 1 heterocycles. The molecule has 0 unspecified atom stereocenters. The molecule has 0 aromatic heterocycles. The van der Waals surface area contributed by atoms with Gasteiger partial charge < -0.3 is 20.3 Å². The number of hydrogen-bond acceptors (Lipinski definition) is 4. The van der Waals surface area contributed by atoms with Crippen LogP contribution in [0.1, 0.15) is 12.8 Å². The lowest BCUT2D eigenvalue weighted by molar-refractivity contribution is 0.128. The maximum atomic E-state index is 5.73. The fourth-order valence-electron chi connectivity index (χ4n) is 2.67. The lowest BCUT2D eigenvalue weighted by Crippen LogP contribution is -2.44. The lowest BCUT2D eigenvalue weighted by atomic mass is 10.0. The largest absolute Gasteiger partial charge is 0.399 e. The smallest absolute Gasteiger partial charge is 0.0589 e. The Balaban J connectivity index is 1.83. The highest BCUT2D eigenvalue weighted by Gasteiger charge is 2.22. The van der Waals surface area contributed by atoms with E-state index >= 15 is 0 Å². The van der Waals surface area contributed by atoms with Gasteiger partial charge in [-0.05, 0) is 44.2 Å². The van der Waals surface area contributed by atoms with E-state index in [0.29, 0.717) is 6.04 Å². The molecule has 0 aliphatic carbocycles. The van der Waals surface area contributed by atoms with Crippen molar-refractivity contribution < 1.29 is 4.74 Å². The number of nitrogens with zero attached hydrogens (tertiary/aromatic N) is 2. The highest BCUT2D eigenvalue weighted by atomic mass is 16.5. The standard InChI is InChI=1S/C15H25N3O/c1-17(11-12-19-2)14-7-9-18(10-8-14)15-5-3-13(16)4-6-15/h3-6,14H,7-12,16H2,1-2H3. The second kappa shape index (κ2) is 6.78. The topological polar surface area (TPSA) is 41.7 Å². The van der Waals surface area contributed by atoms with Crippen molar-refractivity contribution in [1.82, 2.24) is 4.90 Å². The summed E-state index contributed by atoms with van der Waals surface area (Å²) in [4.78, 5) is 4.87. The van der Waals surface area contributed by atoms with Crippen molar-refractivity contribution in [2.24, 2.45) is 0 Å². The zero-order valence-electron chi connectivity index (χ0n) is 12.0. The number of ether oxygens (including phenoxy) is 1. The molecule has 0 saturated carbocycles. The van der Waals surface area contributed by atoms with Crippen molar-refractivity contribution in [2.75, 3.05) is 51.0 Å². The van der Waals surface area contributed by atoms with Gasteiger partial charge in [0.2, 0.25) is 0 Å². The van der Waals surface area contributed by atoms with Crippen LogP contribution in [-0.4, -0.2) is 51.3 Å². The molecule has 1 aliphatic rings. The molecule has 0 radical (unpaired) electrons. The van der Waals surface area contributed by atoms with Gasteiger partial charge in [0.1, 0.15) is 0 Å². The van der Waals surface area contributed by atoms with Crippen LogP contribution >= 0.6 is 0 Å². The van der Waals surface area contributed by atoms with Gasteiger partial charge in [0, 0.05) is 44.2 Å². The number of methoxy groups -OCH3 is 1. The maximum absolute atomic E-state index is 5.73. The Morgan fingerprint density at radius 3 is 2.47 bits per heavy atom. The van der Waals surface area contributed by atoms with E-state index in [1.807, 2.05) is 12.1 Å². The highest BCUT2D eigenvalue weighted by molar-refractivity contribution is 5.53. The Labute approximate surface area is 116 Å². The summed E-state index contributed by atoms with van der Waals surface area (Å²) in [6.07, 6.45) is 2.43. The van der Waals surface area contributed by atoms with E-state index in [0.717, 1.165) is 31.9 Å². The van der Waals surface area contributed by atoms with Crippen LogP contribution in [0.15, 0.2) is 24.3 Å². The normalized spacial score (nSPS) is 17.1. The van der Waals surface area contributed by atoms with Gasteiger partial charge in [0.15, 0.2) is 0 Å². The monoisotopic (exact) mass is 263 g/mol. The fraction of sp³-hybridized carbons (Fsp3) is 0.600. The molecule has 0 amide bonds. The molecule has 2 rings (SSSR count). The number of likely N-dealkylation sites (N-methyl/N-ethyl adjacent to an activating group) is 1. The Morgan fingerprint density at radius 2 is 1.89 bits per heavy atom. The molecule has 106 valence electrons. The Morgan fingerprint density at radius 1 is 1.26 bits per heavy atom. The number of nitrogens with two attached hydrogens (primary N) is 1. The maximum Gasteiger partial charge on any atom is 0.0589 e. The van der Waals surface area contributed by atoms with E-state index in [4.69, 9.17) is 10.5 Å². The predicted molar refractivity (Wildman–Crippen MR) is 80.6 cm³/mol. The fourth-order valence-corrected chi connectivity index (χ4v) is 2.67.